The van der Waals surface area contributed by atoms with Crippen molar-refractivity contribution in [2.24, 2.45) is 5.92 Å². The van der Waals surface area contributed by atoms with Crippen molar-refractivity contribution in [3.63, 3.8) is 0 Å². The first-order valence-corrected chi connectivity index (χ1v) is 6.42. The van der Waals surface area contributed by atoms with Gasteiger partial charge < -0.3 is 10.2 Å². The smallest absolute Gasteiger partial charge is 0.254 e. The zero-order valence-corrected chi connectivity index (χ0v) is 9.98. The van der Waals surface area contributed by atoms with Crippen molar-refractivity contribution in [2.75, 3.05) is 19.6 Å². The average Bonchev–Trinajstić information content (AvgIpc) is 2.68. The highest BCUT2D eigenvalue weighted by Crippen LogP contribution is 2.24. The Hall–Kier alpha value is -1.35. The summed E-state index contributed by atoms with van der Waals surface area (Å²) in [5, 5.41) is 3.41. The highest BCUT2D eigenvalue weighted by Gasteiger charge is 2.28. The second-order valence-electron chi connectivity index (χ2n) is 5.06. The molecule has 1 unspecified atom stereocenters. The van der Waals surface area contributed by atoms with Crippen LogP contribution in [0, 0.1) is 5.92 Å². The van der Waals surface area contributed by atoms with Crippen LogP contribution < -0.4 is 5.32 Å². The number of carbonyl (C=O) groups is 1. The molecule has 1 atom stereocenters. The minimum Gasteiger partial charge on any atom is -0.334 e. The first-order chi connectivity index (χ1) is 8.34. The molecule has 3 nitrogen and oxygen atoms in total. The molecule has 0 bridgehead atoms. The number of rotatable bonds is 2. The molecule has 2 aliphatic heterocycles. The van der Waals surface area contributed by atoms with Gasteiger partial charge in [0, 0.05) is 18.7 Å². The molecule has 1 N–H and O–H groups in total. The van der Waals surface area contributed by atoms with E-state index in [2.05, 4.69) is 11.4 Å². The van der Waals surface area contributed by atoms with Crippen LogP contribution >= 0.6 is 0 Å². The standard InChI is InChI=1S/C14H18N2O/c17-14-13-6-2-1-5-12(13)10-16(14)9-11-4-3-7-15-8-11/h1-2,5-6,11,15H,3-4,7-10H2. The van der Waals surface area contributed by atoms with Crippen LogP contribution in [0.2, 0.25) is 0 Å². The highest BCUT2D eigenvalue weighted by atomic mass is 16.2. The Bertz CT molecular complexity index is 424. The van der Waals surface area contributed by atoms with Crippen LogP contribution in [0.3, 0.4) is 0 Å². The zero-order chi connectivity index (χ0) is 11.7. The fourth-order valence-electron chi connectivity index (χ4n) is 2.85. The van der Waals surface area contributed by atoms with Gasteiger partial charge in [-0.2, -0.15) is 0 Å². The van der Waals surface area contributed by atoms with E-state index >= 15 is 0 Å². The summed E-state index contributed by atoms with van der Waals surface area (Å²) in [5.41, 5.74) is 2.08. The Labute approximate surface area is 102 Å². The first-order valence-electron chi connectivity index (χ1n) is 6.42. The van der Waals surface area contributed by atoms with Crippen molar-refractivity contribution in [3.05, 3.63) is 35.4 Å². The first kappa shape index (κ1) is 10.8. The van der Waals surface area contributed by atoms with Gasteiger partial charge in [-0.15, -0.1) is 0 Å². The number of nitrogens with one attached hydrogen (secondary N) is 1. The van der Waals surface area contributed by atoms with E-state index in [1.54, 1.807) is 0 Å². The summed E-state index contributed by atoms with van der Waals surface area (Å²) < 4.78 is 0. The summed E-state index contributed by atoms with van der Waals surface area (Å²) >= 11 is 0. The number of benzene rings is 1. The fraction of sp³-hybridized carbons (Fsp3) is 0.500. The van der Waals surface area contributed by atoms with Crippen LogP contribution in [-0.2, 0) is 6.54 Å². The molecule has 0 aliphatic carbocycles. The molecule has 0 radical (unpaired) electrons. The van der Waals surface area contributed by atoms with Gasteiger partial charge >= 0.3 is 0 Å². The van der Waals surface area contributed by atoms with E-state index in [-0.39, 0.29) is 5.91 Å². The van der Waals surface area contributed by atoms with Gasteiger partial charge in [0.15, 0.2) is 0 Å². The van der Waals surface area contributed by atoms with Crippen LogP contribution in [-0.4, -0.2) is 30.4 Å². The molecule has 1 aromatic carbocycles. The molecule has 1 aromatic rings. The Morgan fingerprint density at radius 3 is 3.00 bits per heavy atom. The van der Waals surface area contributed by atoms with Crippen LogP contribution in [0.1, 0.15) is 28.8 Å². The topological polar surface area (TPSA) is 32.3 Å². The summed E-state index contributed by atoms with van der Waals surface area (Å²) in [6.07, 6.45) is 2.48. The van der Waals surface area contributed by atoms with Crippen LogP contribution in [0.25, 0.3) is 0 Å². The van der Waals surface area contributed by atoms with Crippen LogP contribution in [0.15, 0.2) is 24.3 Å². The molecular weight excluding hydrogens is 212 g/mol. The molecule has 0 aromatic heterocycles. The third-order valence-electron chi connectivity index (χ3n) is 3.77. The zero-order valence-electron chi connectivity index (χ0n) is 9.98. The number of carbonyl (C=O) groups excluding carboxylic acids is 1. The van der Waals surface area contributed by atoms with Gasteiger partial charge in [0.2, 0.25) is 0 Å². The van der Waals surface area contributed by atoms with Gasteiger partial charge in [-0.3, -0.25) is 4.79 Å². The molecule has 0 spiro atoms. The van der Waals surface area contributed by atoms with E-state index in [0.29, 0.717) is 5.92 Å². The Morgan fingerprint density at radius 1 is 1.35 bits per heavy atom. The number of piperidine rings is 1. The minimum absolute atomic E-state index is 0.214. The lowest BCUT2D eigenvalue weighted by atomic mass is 9.99. The third-order valence-corrected chi connectivity index (χ3v) is 3.77. The molecule has 2 aliphatic rings. The van der Waals surface area contributed by atoms with Crippen LogP contribution in [0.4, 0.5) is 0 Å². The predicted molar refractivity (Wildman–Crippen MR) is 66.8 cm³/mol. The quantitative estimate of drug-likeness (QED) is 0.837. The van der Waals surface area contributed by atoms with Crippen molar-refractivity contribution >= 4 is 5.91 Å². The van der Waals surface area contributed by atoms with E-state index in [0.717, 1.165) is 31.7 Å². The molecular formula is C14H18N2O. The predicted octanol–water partition coefficient (Wildman–Crippen LogP) is 1.64. The maximum Gasteiger partial charge on any atom is 0.254 e. The van der Waals surface area contributed by atoms with Gasteiger partial charge in [0.1, 0.15) is 0 Å². The summed E-state index contributed by atoms with van der Waals surface area (Å²) in [6, 6.07) is 7.96. The van der Waals surface area contributed by atoms with Gasteiger partial charge in [0.05, 0.1) is 0 Å². The number of nitrogens with zero attached hydrogens (tertiary/aromatic N) is 1. The SMILES string of the molecule is O=C1c2ccccc2CN1CC1CCCNC1. The Balaban J connectivity index is 1.69. The monoisotopic (exact) mass is 230 g/mol. The summed E-state index contributed by atoms with van der Waals surface area (Å²) in [5.74, 6) is 0.841. The molecule has 1 fully saturated rings. The van der Waals surface area contributed by atoms with Crippen molar-refractivity contribution in [2.45, 2.75) is 19.4 Å². The van der Waals surface area contributed by atoms with Gasteiger partial charge in [-0.25, -0.2) is 0 Å². The fourth-order valence-corrected chi connectivity index (χ4v) is 2.85. The molecule has 17 heavy (non-hydrogen) atoms. The van der Waals surface area contributed by atoms with E-state index in [4.69, 9.17) is 0 Å². The largest absolute Gasteiger partial charge is 0.334 e. The van der Waals surface area contributed by atoms with E-state index in [1.165, 1.54) is 18.4 Å². The molecule has 1 amide bonds. The molecule has 0 saturated carbocycles. The average molecular weight is 230 g/mol. The van der Waals surface area contributed by atoms with Crippen molar-refractivity contribution < 1.29 is 4.79 Å². The highest BCUT2D eigenvalue weighted by molar-refractivity contribution is 5.98. The summed E-state index contributed by atoms with van der Waals surface area (Å²) in [7, 11) is 0. The molecule has 3 rings (SSSR count). The Morgan fingerprint density at radius 2 is 2.24 bits per heavy atom. The van der Waals surface area contributed by atoms with Gasteiger partial charge in [-0.1, -0.05) is 18.2 Å². The number of fused-ring (bicyclic) bond motifs is 1. The number of hydrogen-bond donors (Lipinski definition) is 1. The summed E-state index contributed by atoms with van der Waals surface area (Å²) in [6.45, 7) is 3.89. The second-order valence-corrected chi connectivity index (χ2v) is 5.06. The second kappa shape index (κ2) is 4.49. The lowest BCUT2D eigenvalue weighted by molar-refractivity contribution is 0.0743. The minimum atomic E-state index is 0.214. The molecule has 90 valence electrons. The van der Waals surface area contributed by atoms with Gasteiger partial charge in [0.25, 0.3) is 5.91 Å². The van der Waals surface area contributed by atoms with E-state index in [9.17, 15) is 4.79 Å². The maximum absolute atomic E-state index is 12.2. The summed E-state index contributed by atoms with van der Waals surface area (Å²) in [4.78, 5) is 14.2. The lowest BCUT2D eigenvalue weighted by Crippen LogP contribution is -2.38. The number of amides is 1. The molecule has 2 heterocycles. The van der Waals surface area contributed by atoms with E-state index < -0.39 is 0 Å². The third kappa shape index (κ3) is 2.07. The molecule has 3 heteroatoms. The molecule has 1 saturated heterocycles. The Kier molecular flexibility index (Phi) is 2.85. The maximum atomic E-state index is 12.2. The van der Waals surface area contributed by atoms with E-state index in [1.807, 2.05) is 23.1 Å². The van der Waals surface area contributed by atoms with Crippen LogP contribution in [0.5, 0.6) is 0 Å². The lowest BCUT2D eigenvalue weighted by Gasteiger charge is -2.27. The normalized spacial score (nSPS) is 23.9. The number of hydrogen-bond acceptors (Lipinski definition) is 2. The van der Waals surface area contributed by atoms with Crippen molar-refractivity contribution in [1.29, 1.82) is 0 Å². The van der Waals surface area contributed by atoms with Gasteiger partial charge in [-0.05, 0) is 43.5 Å². The van der Waals surface area contributed by atoms with Crippen molar-refractivity contribution in [3.8, 4) is 0 Å². The van der Waals surface area contributed by atoms with Crippen molar-refractivity contribution in [1.82, 2.24) is 10.2 Å².